The SMILES string of the molecule is CC1=CCC2CC1C2. The van der Waals surface area contributed by atoms with E-state index in [1.54, 1.807) is 5.57 Å². The Labute approximate surface area is 50.6 Å². The van der Waals surface area contributed by atoms with Crippen LogP contribution in [0.5, 0.6) is 0 Å². The molecule has 3 aliphatic rings. The third-order valence-corrected chi connectivity index (χ3v) is 2.65. The number of rotatable bonds is 0. The Morgan fingerprint density at radius 1 is 1.50 bits per heavy atom. The van der Waals surface area contributed by atoms with Crippen molar-refractivity contribution in [1.29, 1.82) is 0 Å². The van der Waals surface area contributed by atoms with E-state index in [2.05, 4.69) is 13.0 Å². The molecule has 0 aliphatic heterocycles. The molecule has 0 amide bonds. The third-order valence-electron chi connectivity index (χ3n) is 2.65. The molecule has 44 valence electrons. The summed E-state index contributed by atoms with van der Waals surface area (Å²) in [7, 11) is 0. The fourth-order valence-corrected chi connectivity index (χ4v) is 1.82. The van der Waals surface area contributed by atoms with Crippen molar-refractivity contribution in [2.45, 2.75) is 26.2 Å². The summed E-state index contributed by atoms with van der Waals surface area (Å²) in [5.41, 5.74) is 1.66. The van der Waals surface area contributed by atoms with Crippen LogP contribution in [0.15, 0.2) is 11.6 Å². The van der Waals surface area contributed by atoms with Gasteiger partial charge in [0.25, 0.3) is 0 Å². The number of hydrogen-bond donors (Lipinski definition) is 0. The second-order valence-electron chi connectivity index (χ2n) is 3.22. The molecule has 0 heteroatoms. The first-order valence-corrected chi connectivity index (χ1v) is 3.53. The zero-order chi connectivity index (χ0) is 5.56. The number of allylic oxidation sites excluding steroid dienone is 2. The van der Waals surface area contributed by atoms with Crippen LogP contribution in [0.4, 0.5) is 0 Å². The van der Waals surface area contributed by atoms with Gasteiger partial charge < -0.3 is 0 Å². The summed E-state index contributed by atoms with van der Waals surface area (Å²) in [6.45, 7) is 2.28. The molecule has 1 saturated carbocycles. The molecule has 3 rings (SSSR count). The van der Waals surface area contributed by atoms with Gasteiger partial charge in [-0.3, -0.25) is 0 Å². The average molecular weight is 108 g/mol. The quantitative estimate of drug-likeness (QED) is 0.418. The van der Waals surface area contributed by atoms with E-state index in [4.69, 9.17) is 0 Å². The van der Waals surface area contributed by atoms with Crippen LogP contribution in [-0.4, -0.2) is 0 Å². The fraction of sp³-hybridized carbons (Fsp3) is 0.750. The Bertz CT molecular complexity index is 127. The first kappa shape index (κ1) is 4.60. The lowest BCUT2D eigenvalue weighted by Crippen LogP contribution is -2.27. The van der Waals surface area contributed by atoms with Crippen molar-refractivity contribution in [2.24, 2.45) is 11.8 Å². The summed E-state index contributed by atoms with van der Waals surface area (Å²) in [5, 5.41) is 0. The highest BCUT2D eigenvalue weighted by atomic mass is 14.4. The number of fused-ring (bicyclic) bond motifs is 1. The predicted molar refractivity (Wildman–Crippen MR) is 34.6 cm³/mol. The Kier molecular flexibility index (Phi) is 0.787. The minimum Gasteiger partial charge on any atom is -0.0851 e. The van der Waals surface area contributed by atoms with Gasteiger partial charge in [-0.05, 0) is 38.0 Å². The topological polar surface area (TPSA) is 0 Å². The first-order chi connectivity index (χ1) is 3.86. The van der Waals surface area contributed by atoms with Crippen LogP contribution < -0.4 is 0 Å². The maximum Gasteiger partial charge on any atom is -0.0201 e. The van der Waals surface area contributed by atoms with Crippen LogP contribution in [0.2, 0.25) is 0 Å². The second kappa shape index (κ2) is 1.37. The van der Waals surface area contributed by atoms with E-state index < -0.39 is 0 Å². The van der Waals surface area contributed by atoms with Crippen molar-refractivity contribution in [3.8, 4) is 0 Å². The molecule has 0 saturated heterocycles. The van der Waals surface area contributed by atoms with Gasteiger partial charge in [0.05, 0.1) is 0 Å². The normalized spacial score (nSPS) is 42.9. The van der Waals surface area contributed by atoms with Gasteiger partial charge in [0, 0.05) is 0 Å². The highest BCUT2D eigenvalue weighted by molar-refractivity contribution is 5.14. The molecule has 1 fully saturated rings. The Balaban J connectivity index is 2.21. The van der Waals surface area contributed by atoms with Gasteiger partial charge in [-0.25, -0.2) is 0 Å². The van der Waals surface area contributed by atoms with Gasteiger partial charge in [-0.2, -0.15) is 0 Å². The lowest BCUT2D eigenvalue weighted by atomic mass is 9.66. The highest BCUT2D eigenvalue weighted by Crippen LogP contribution is 2.45. The van der Waals surface area contributed by atoms with Gasteiger partial charge in [-0.1, -0.05) is 11.6 Å². The third kappa shape index (κ3) is 0.460. The van der Waals surface area contributed by atoms with Crippen molar-refractivity contribution in [3.05, 3.63) is 11.6 Å². The van der Waals surface area contributed by atoms with Crippen LogP contribution in [0.3, 0.4) is 0 Å². The molecule has 0 aromatic heterocycles. The van der Waals surface area contributed by atoms with Crippen molar-refractivity contribution in [3.63, 3.8) is 0 Å². The summed E-state index contributed by atoms with van der Waals surface area (Å²) < 4.78 is 0. The highest BCUT2D eigenvalue weighted by Gasteiger charge is 2.32. The van der Waals surface area contributed by atoms with E-state index in [0.717, 1.165) is 11.8 Å². The van der Waals surface area contributed by atoms with Crippen molar-refractivity contribution >= 4 is 0 Å². The summed E-state index contributed by atoms with van der Waals surface area (Å²) in [6, 6.07) is 0. The van der Waals surface area contributed by atoms with Gasteiger partial charge in [0.2, 0.25) is 0 Å². The molecule has 0 N–H and O–H groups in total. The molecule has 8 heavy (non-hydrogen) atoms. The molecule has 2 bridgehead atoms. The minimum atomic E-state index is 1.01. The summed E-state index contributed by atoms with van der Waals surface area (Å²) >= 11 is 0. The van der Waals surface area contributed by atoms with E-state index in [1.807, 2.05) is 0 Å². The van der Waals surface area contributed by atoms with Crippen molar-refractivity contribution in [2.75, 3.05) is 0 Å². The summed E-state index contributed by atoms with van der Waals surface area (Å²) in [5.74, 6) is 2.09. The minimum absolute atomic E-state index is 1.01. The van der Waals surface area contributed by atoms with Crippen LogP contribution in [0, 0.1) is 11.8 Å². The zero-order valence-corrected chi connectivity index (χ0v) is 5.35. The maximum absolute atomic E-state index is 2.42. The van der Waals surface area contributed by atoms with Gasteiger partial charge >= 0.3 is 0 Å². The van der Waals surface area contributed by atoms with E-state index in [-0.39, 0.29) is 0 Å². The van der Waals surface area contributed by atoms with Crippen LogP contribution >= 0.6 is 0 Å². The van der Waals surface area contributed by atoms with Crippen LogP contribution in [0.25, 0.3) is 0 Å². The molecule has 0 heterocycles. The Morgan fingerprint density at radius 2 is 2.25 bits per heavy atom. The molecule has 0 radical (unpaired) electrons. The van der Waals surface area contributed by atoms with Crippen LogP contribution in [-0.2, 0) is 0 Å². The molecule has 0 atom stereocenters. The molecule has 3 aliphatic carbocycles. The zero-order valence-electron chi connectivity index (χ0n) is 5.35. The Hall–Kier alpha value is -0.260. The molecule has 0 unspecified atom stereocenters. The van der Waals surface area contributed by atoms with Gasteiger partial charge in [0.1, 0.15) is 0 Å². The van der Waals surface area contributed by atoms with Crippen LogP contribution in [0.1, 0.15) is 26.2 Å². The predicted octanol–water partition coefficient (Wildman–Crippen LogP) is 2.36. The summed E-state index contributed by atoms with van der Waals surface area (Å²) in [4.78, 5) is 0. The van der Waals surface area contributed by atoms with Gasteiger partial charge in [-0.15, -0.1) is 0 Å². The molecule has 0 aromatic carbocycles. The fourth-order valence-electron chi connectivity index (χ4n) is 1.82. The largest absolute Gasteiger partial charge is 0.0851 e. The monoisotopic (exact) mass is 108 g/mol. The molecular weight excluding hydrogens is 96.1 g/mol. The number of hydrogen-bond acceptors (Lipinski definition) is 0. The summed E-state index contributed by atoms with van der Waals surface area (Å²) in [6.07, 6.45) is 6.80. The molecule has 0 spiro atoms. The lowest BCUT2D eigenvalue weighted by molar-refractivity contribution is 0.210. The molecule has 0 aromatic rings. The Morgan fingerprint density at radius 3 is 2.50 bits per heavy atom. The van der Waals surface area contributed by atoms with E-state index in [1.165, 1.54) is 19.3 Å². The molecule has 0 nitrogen and oxygen atoms in total. The standard InChI is InChI=1S/C8H12/c1-6-2-3-7-4-8(6)5-7/h2,7-8H,3-5H2,1H3. The first-order valence-electron chi connectivity index (χ1n) is 3.53. The van der Waals surface area contributed by atoms with E-state index in [0.29, 0.717) is 0 Å². The van der Waals surface area contributed by atoms with Crippen molar-refractivity contribution < 1.29 is 0 Å². The average Bonchev–Trinajstić information content (AvgIpc) is 1.62. The smallest absolute Gasteiger partial charge is 0.0201 e. The van der Waals surface area contributed by atoms with Gasteiger partial charge in [0.15, 0.2) is 0 Å². The van der Waals surface area contributed by atoms with Crippen molar-refractivity contribution in [1.82, 2.24) is 0 Å². The van der Waals surface area contributed by atoms with E-state index in [9.17, 15) is 0 Å². The maximum atomic E-state index is 2.42. The second-order valence-corrected chi connectivity index (χ2v) is 3.22. The van der Waals surface area contributed by atoms with E-state index >= 15 is 0 Å². The lowest BCUT2D eigenvalue weighted by Gasteiger charge is -2.40. The molecular formula is C8H12.